The van der Waals surface area contributed by atoms with Gasteiger partial charge in [0.25, 0.3) is 11.7 Å². The fourth-order valence-corrected chi connectivity index (χ4v) is 2.85. The Morgan fingerprint density at radius 3 is 2.52 bits per heavy atom. The van der Waals surface area contributed by atoms with Gasteiger partial charge < -0.3 is 4.90 Å². The molecule has 1 heterocycles. The second-order valence-corrected chi connectivity index (χ2v) is 5.82. The molecule has 0 saturated heterocycles. The van der Waals surface area contributed by atoms with Gasteiger partial charge in [-0.3, -0.25) is 9.59 Å². The van der Waals surface area contributed by atoms with Crippen molar-refractivity contribution in [3.63, 3.8) is 0 Å². The molecule has 0 saturated carbocycles. The summed E-state index contributed by atoms with van der Waals surface area (Å²) >= 11 is 12.1. The molecule has 106 valence electrons. The number of halogens is 2. The molecular formula is C16H11Cl2NO2. The largest absolute Gasteiger partial charge is 0.300 e. The molecule has 3 nitrogen and oxygen atoms in total. The molecule has 2 aromatic rings. The molecule has 0 N–H and O–H groups in total. The van der Waals surface area contributed by atoms with Gasteiger partial charge in [0.2, 0.25) is 0 Å². The van der Waals surface area contributed by atoms with Gasteiger partial charge in [0, 0.05) is 10.0 Å². The van der Waals surface area contributed by atoms with E-state index in [4.69, 9.17) is 23.2 Å². The lowest BCUT2D eigenvalue weighted by Gasteiger charge is -2.17. The SMILES string of the molecule is Cc1ccc(CN2C(=O)C(=O)c3cc(Cl)ccc32)c(Cl)c1. The smallest absolute Gasteiger partial charge is 0.299 e. The highest BCUT2D eigenvalue weighted by atomic mass is 35.5. The molecule has 1 amide bonds. The summed E-state index contributed by atoms with van der Waals surface area (Å²) in [4.78, 5) is 25.6. The molecule has 0 atom stereocenters. The number of benzene rings is 2. The van der Waals surface area contributed by atoms with E-state index in [1.165, 1.54) is 11.0 Å². The third kappa shape index (κ3) is 2.43. The minimum atomic E-state index is -0.552. The van der Waals surface area contributed by atoms with Crippen LogP contribution in [0.25, 0.3) is 0 Å². The Labute approximate surface area is 132 Å². The van der Waals surface area contributed by atoms with Gasteiger partial charge in [0.15, 0.2) is 0 Å². The molecule has 3 rings (SSSR count). The van der Waals surface area contributed by atoms with E-state index in [1.807, 2.05) is 25.1 Å². The fourth-order valence-electron chi connectivity index (χ4n) is 2.38. The van der Waals surface area contributed by atoms with Crippen LogP contribution in [0.5, 0.6) is 0 Å². The molecular weight excluding hydrogens is 309 g/mol. The van der Waals surface area contributed by atoms with Crippen molar-refractivity contribution in [1.29, 1.82) is 0 Å². The van der Waals surface area contributed by atoms with Crippen molar-refractivity contribution in [1.82, 2.24) is 0 Å². The first-order chi connectivity index (χ1) is 9.97. The lowest BCUT2D eigenvalue weighted by atomic mass is 10.1. The Bertz CT molecular complexity index is 771. The van der Waals surface area contributed by atoms with E-state index in [1.54, 1.807) is 12.1 Å². The summed E-state index contributed by atoms with van der Waals surface area (Å²) in [6.07, 6.45) is 0. The number of carbonyl (C=O) groups excluding carboxylic acids is 2. The number of rotatable bonds is 2. The summed E-state index contributed by atoms with van der Waals surface area (Å²) < 4.78 is 0. The first-order valence-corrected chi connectivity index (χ1v) is 7.14. The zero-order valence-corrected chi connectivity index (χ0v) is 12.7. The van der Waals surface area contributed by atoms with E-state index >= 15 is 0 Å². The number of carbonyl (C=O) groups is 2. The Morgan fingerprint density at radius 1 is 1.05 bits per heavy atom. The van der Waals surface area contributed by atoms with Crippen LogP contribution >= 0.6 is 23.2 Å². The number of aryl methyl sites for hydroxylation is 1. The average molecular weight is 320 g/mol. The van der Waals surface area contributed by atoms with Gasteiger partial charge in [-0.1, -0.05) is 35.3 Å². The molecule has 0 fully saturated rings. The van der Waals surface area contributed by atoms with Crippen molar-refractivity contribution in [2.75, 3.05) is 4.90 Å². The minimum Gasteiger partial charge on any atom is -0.300 e. The minimum absolute atomic E-state index is 0.262. The Hall–Kier alpha value is -1.84. The van der Waals surface area contributed by atoms with Gasteiger partial charge in [-0.05, 0) is 42.3 Å². The van der Waals surface area contributed by atoms with Crippen LogP contribution in [-0.4, -0.2) is 11.7 Å². The topological polar surface area (TPSA) is 37.4 Å². The number of nitrogens with zero attached hydrogens (tertiary/aromatic N) is 1. The third-order valence-corrected chi connectivity index (χ3v) is 4.06. The van der Waals surface area contributed by atoms with E-state index in [2.05, 4.69) is 0 Å². The first-order valence-electron chi connectivity index (χ1n) is 6.38. The molecule has 1 aliphatic heterocycles. The normalized spacial score (nSPS) is 13.8. The summed E-state index contributed by atoms with van der Waals surface area (Å²) in [5.41, 5.74) is 2.76. The van der Waals surface area contributed by atoms with Gasteiger partial charge >= 0.3 is 0 Å². The molecule has 5 heteroatoms. The summed E-state index contributed by atoms with van der Waals surface area (Å²) in [6.45, 7) is 2.20. The van der Waals surface area contributed by atoms with Crippen molar-refractivity contribution in [3.8, 4) is 0 Å². The number of amides is 1. The summed E-state index contributed by atoms with van der Waals surface area (Å²) in [7, 11) is 0. The standard InChI is InChI=1S/C16H11Cl2NO2/c1-9-2-3-10(13(18)6-9)8-19-14-5-4-11(17)7-12(14)15(20)16(19)21/h2-7H,8H2,1H3. The molecule has 0 spiro atoms. The maximum atomic E-state index is 12.1. The third-order valence-electron chi connectivity index (χ3n) is 3.47. The van der Waals surface area contributed by atoms with E-state index in [9.17, 15) is 9.59 Å². The summed E-state index contributed by atoms with van der Waals surface area (Å²) in [6, 6.07) is 10.5. The zero-order valence-electron chi connectivity index (χ0n) is 11.2. The highest BCUT2D eigenvalue weighted by Gasteiger charge is 2.36. The number of Topliss-reactive ketones (excluding diaryl/α,β-unsaturated/α-hetero) is 1. The van der Waals surface area contributed by atoms with Crippen LogP contribution < -0.4 is 4.90 Å². The number of ketones is 1. The molecule has 0 aliphatic carbocycles. The predicted molar refractivity (Wildman–Crippen MR) is 83.2 cm³/mol. The van der Waals surface area contributed by atoms with Crippen molar-refractivity contribution < 1.29 is 9.59 Å². The van der Waals surface area contributed by atoms with Crippen LogP contribution in [0, 0.1) is 6.92 Å². The van der Waals surface area contributed by atoms with Crippen LogP contribution in [0.2, 0.25) is 10.0 Å². The Balaban J connectivity index is 2.00. The zero-order chi connectivity index (χ0) is 15.1. The van der Waals surface area contributed by atoms with Crippen molar-refractivity contribution in [2.24, 2.45) is 0 Å². The second kappa shape index (κ2) is 5.17. The lowest BCUT2D eigenvalue weighted by Crippen LogP contribution is -2.29. The number of anilines is 1. The number of hydrogen-bond acceptors (Lipinski definition) is 2. The first kappa shape index (κ1) is 14.1. The van der Waals surface area contributed by atoms with Crippen LogP contribution in [0.1, 0.15) is 21.5 Å². The van der Waals surface area contributed by atoms with E-state index < -0.39 is 11.7 Å². The molecule has 0 radical (unpaired) electrons. The molecule has 1 aliphatic rings. The predicted octanol–water partition coefficient (Wildman–Crippen LogP) is 4.03. The quantitative estimate of drug-likeness (QED) is 0.784. The summed E-state index contributed by atoms with van der Waals surface area (Å²) in [5, 5.41) is 1.02. The van der Waals surface area contributed by atoms with Gasteiger partial charge in [-0.2, -0.15) is 0 Å². The van der Waals surface area contributed by atoms with Crippen molar-refractivity contribution in [2.45, 2.75) is 13.5 Å². The van der Waals surface area contributed by atoms with Gasteiger partial charge in [-0.25, -0.2) is 0 Å². The van der Waals surface area contributed by atoms with Crippen molar-refractivity contribution in [3.05, 3.63) is 63.1 Å². The lowest BCUT2D eigenvalue weighted by molar-refractivity contribution is -0.114. The Kier molecular flexibility index (Phi) is 3.47. The molecule has 0 aromatic heterocycles. The maximum absolute atomic E-state index is 12.1. The van der Waals surface area contributed by atoms with Gasteiger partial charge in [0.05, 0.1) is 17.8 Å². The summed E-state index contributed by atoms with van der Waals surface area (Å²) in [5.74, 6) is -1.08. The molecule has 0 unspecified atom stereocenters. The number of fused-ring (bicyclic) bond motifs is 1. The Morgan fingerprint density at radius 2 is 1.81 bits per heavy atom. The fraction of sp³-hybridized carbons (Fsp3) is 0.125. The molecule has 0 bridgehead atoms. The number of hydrogen-bond donors (Lipinski definition) is 0. The molecule has 2 aromatic carbocycles. The average Bonchev–Trinajstić information content (AvgIpc) is 2.66. The van der Waals surface area contributed by atoms with E-state index in [-0.39, 0.29) is 6.54 Å². The molecule has 21 heavy (non-hydrogen) atoms. The van der Waals surface area contributed by atoms with E-state index in [0.29, 0.717) is 21.3 Å². The highest BCUT2D eigenvalue weighted by molar-refractivity contribution is 6.52. The second-order valence-electron chi connectivity index (χ2n) is 4.98. The monoisotopic (exact) mass is 319 g/mol. The van der Waals surface area contributed by atoms with Crippen LogP contribution in [0.15, 0.2) is 36.4 Å². The van der Waals surface area contributed by atoms with Crippen LogP contribution in [-0.2, 0) is 11.3 Å². The van der Waals surface area contributed by atoms with Crippen molar-refractivity contribution >= 4 is 40.6 Å². The van der Waals surface area contributed by atoms with E-state index in [0.717, 1.165) is 11.1 Å². The van der Waals surface area contributed by atoms with Gasteiger partial charge in [0.1, 0.15) is 0 Å². The highest BCUT2D eigenvalue weighted by Crippen LogP contribution is 2.33. The maximum Gasteiger partial charge on any atom is 0.299 e. The van der Waals surface area contributed by atoms with Crippen LogP contribution in [0.4, 0.5) is 5.69 Å². The van der Waals surface area contributed by atoms with Gasteiger partial charge in [-0.15, -0.1) is 0 Å². The van der Waals surface area contributed by atoms with Crippen LogP contribution in [0.3, 0.4) is 0 Å².